The summed E-state index contributed by atoms with van der Waals surface area (Å²) >= 11 is 0. The van der Waals surface area contributed by atoms with Gasteiger partial charge in [0, 0.05) is 19.6 Å². The molecular formula is C16H22N4O2. The van der Waals surface area contributed by atoms with E-state index in [1.165, 1.54) is 0 Å². The highest BCUT2D eigenvalue weighted by Crippen LogP contribution is 2.34. The van der Waals surface area contributed by atoms with Crippen molar-refractivity contribution in [3.05, 3.63) is 41.5 Å². The Bertz CT molecular complexity index is 655. The number of hydrogen-bond donors (Lipinski definition) is 1. The van der Waals surface area contributed by atoms with Crippen molar-refractivity contribution in [1.82, 2.24) is 19.7 Å². The summed E-state index contributed by atoms with van der Waals surface area (Å²) in [5, 5.41) is 18.4. The average Bonchev–Trinajstić information content (AvgIpc) is 3.04. The Hall–Kier alpha value is -1.92. The molecule has 1 aromatic heterocycles. The zero-order chi connectivity index (χ0) is 15.7. The topological polar surface area (TPSA) is 63.4 Å². The fourth-order valence-corrected chi connectivity index (χ4v) is 3.02. The number of nitrogens with zero attached hydrogens (tertiary/aromatic N) is 4. The van der Waals surface area contributed by atoms with Crippen molar-refractivity contribution in [3.8, 4) is 5.75 Å². The number of ether oxygens (including phenoxy) is 1. The van der Waals surface area contributed by atoms with Crippen LogP contribution in [0.5, 0.6) is 5.75 Å². The zero-order valence-corrected chi connectivity index (χ0v) is 13.2. The van der Waals surface area contributed by atoms with Gasteiger partial charge in [0.05, 0.1) is 19.8 Å². The van der Waals surface area contributed by atoms with Crippen LogP contribution in [-0.2, 0) is 13.6 Å². The van der Waals surface area contributed by atoms with Gasteiger partial charge < -0.3 is 14.4 Å². The summed E-state index contributed by atoms with van der Waals surface area (Å²) < 4.78 is 7.30. The largest absolute Gasteiger partial charge is 0.497 e. The van der Waals surface area contributed by atoms with Gasteiger partial charge in [-0.25, -0.2) is 0 Å². The molecule has 1 N–H and O–H groups in total. The molecule has 2 heterocycles. The van der Waals surface area contributed by atoms with Gasteiger partial charge in [-0.3, -0.25) is 4.90 Å². The zero-order valence-electron chi connectivity index (χ0n) is 13.2. The van der Waals surface area contributed by atoms with Crippen LogP contribution in [0.15, 0.2) is 24.3 Å². The lowest BCUT2D eigenvalue weighted by Gasteiger charge is -2.24. The van der Waals surface area contributed by atoms with E-state index in [4.69, 9.17) is 4.74 Å². The monoisotopic (exact) mass is 302 g/mol. The number of likely N-dealkylation sites (tertiary alicyclic amines) is 1. The Labute approximate surface area is 130 Å². The first-order chi connectivity index (χ1) is 10.6. The quantitative estimate of drug-likeness (QED) is 0.926. The third-order valence-corrected chi connectivity index (χ3v) is 4.39. The van der Waals surface area contributed by atoms with Crippen LogP contribution < -0.4 is 4.74 Å². The van der Waals surface area contributed by atoms with E-state index in [2.05, 4.69) is 21.2 Å². The number of aliphatic hydroxyl groups is 1. The molecule has 1 aliphatic heterocycles. The highest BCUT2D eigenvalue weighted by molar-refractivity contribution is 5.31. The fraction of sp³-hybridized carbons (Fsp3) is 0.500. The van der Waals surface area contributed by atoms with E-state index < -0.39 is 0 Å². The second-order valence-electron chi connectivity index (χ2n) is 5.83. The minimum Gasteiger partial charge on any atom is -0.497 e. The molecule has 1 fully saturated rings. The Kier molecular flexibility index (Phi) is 4.13. The van der Waals surface area contributed by atoms with Gasteiger partial charge in [-0.1, -0.05) is 12.1 Å². The van der Waals surface area contributed by atoms with Crippen molar-refractivity contribution in [2.45, 2.75) is 32.0 Å². The number of aliphatic hydroxyl groups excluding tert-OH is 1. The lowest BCUT2D eigenvalue weighted by Crippen LogP contribution is -2.26. The van der Waals surface area contributed by atoms with Crippen LogP contribution in [0.3, 0.4) is 0 Å². The van der Waals surface area contributed by atoms with Gasteiger partial charge in [0.2, 0.25) is 0 Å². The van der Waals surface area contributed by atoms with Crippen LogP contribution >= 0.6 is 0 Å². The minimum atomic E-state index is -0.314. The minimum absolute atomic E-state index is 0.169. The molecule has 6 heteroatoms. The van der Waals surface area contributed by atoms with Gasteiger partial charge in [0.1, 0.15) is 17.4 Å². The maximum atomic E-state index is 10.1. The Morgan fingerprint density at radius 3 is 2.86 bits per heavy atom. The summed E-state index contributed by atoms with van der Waals surface area (Å²) in [6, 6.07) is 8.22. The maximum Gasteiger partial charge on any atom is 0.146 e. The molecule has 1 aliphatic rings. The standard InChI is InChI=1S/C16H22N4O2/c1-11-17-18-16(19(11)2)10-20-9-13(21)8-15(20)12-5-4-6-14(7-12)22-3/h4-7,13,15,21H,8-10H2,1-3H3/t13-,15+/m1/s1. The second kappa shape index (κ2) is 6.06. The van der Waals surface area contributed by atoms with Gasteiger partial charge in [-0.15, -0.1) is 10.2 Å². The molecular weight excluding hydrogens is 280 g/mol. The molecule has 2 aromatic rings. The number of aromatic nitrogens is 3. The second-order valence-corrected chi connectivity index (χ2v) is 5.83. The number of β-amino-alcohol motifs (C(OH)–C–C–N with tert-alkyl or cyclic N) is 1. The van der Waals surface area contributed by atoms with E-state index in [0.717, 1.165) is 29.4 Å². The van der Waals surface area contributed by atoms with Crippen LogP contribution in [0.1, 0.15) is 29.7 Å². The Morgan fingerprint density at radius 1 is 1.36 bits per heavy atom. The average molecular weight is 302 g/mol. The first kappa shape index (κ1) is 15.0. The smallest absolute Gasteiger partial charge is 0.146 e. The summed E-state index contributed by atoms with van der Waals surface area (Å²) in [6.07, 6.45) is 0.412. The maximum absolute atomic E-state index is 10.1. The molecule has 2 atom stereocenters. The van der Waals surface area contributed by atoms with E-state index in [1.807, 2.05) is 36.7 Å². The predicted octanol–water partition coefficient (Wildman–Crippen LogP) is 1.44. The molecule has 22 heavy (non-hydrogen) atoms. The summed E-state index contributed by atoms with van der Waals surface area (Å²) in [5.74, 6) is 2.65. The molecule has 3 rings (SSSR count). The summed E-state index contributed by atoms with van der Waals surface area (Å²) in [5.41, 5.74) is 1.16. The summed E-state index contributed by atoms with van der Waals surface area (Å²) in [6.45, 7) is 3.26. The van der Waals surface area contributed by atoms with Gasteiger partial charge in [0.25, 0.3) is 0 Å². The van der Waals surface area contributed by atoms with Crippen molar-refractivity contribution in [3.63, 3.8) is 0 Å². The Morgan fingerprint density at radius 2 is 2.18 bits per heavy atom. The van der Waals surface area contributed by atoms with Crippen LogP contribution in [0, 0.1) is 6.92 Å². The third kappa shape index (κ3) is 2.84. The molecule has 6 nitrogen and oxygen atoms in total. The summed E-state index contributed by atoms with van der Waals surface area (Å²) in [4.78, 5) is 2.25. The van der Waals surface area contributed by atoms with Crippen LogP contribution in [0.25, 0.3) is 0 Å². The molecule has 0 aliphatic carbocycles. The van der Waals surface area contributed by atoms with Gasteiger partial charge in [-0.2, -0.15) is 0 Å². The molecule has 0 unspecified atom stereocenters. The van der Waals surface area contributed by atoms with E-state index in [0.29, 0.717) is 13.1 Å². The third-order valence-electron chi connectivity index (χ3n) is 4.39. The molecule has 118 valence electrons. The lowest BCUT2D eigenvalue weighted by atomic mass is 10.0. The van der Waals surface area contributed by atoms with Crippen molar-refractivity contribution in [1.29, 1.82) is 0 Å². The normalized spacial score (nSPS) is 22.2. The van der Waals surface area contributed by atoms with Crippen molar-refractivity contribution < 1.29 is 9.84 Å². The van der Waals surface area contributed by atoms with E-state index in [9.17, 15) is 5.11 Å². The van der Waals surface area contributed by atoms with Crippen molar-refractivity contribution >= 4 is 0 Å². The molecule has 0 saturated carbocycles. The number of aryl methyl sites for hydroxylation is 1. The lowest BCUT2D eigenvalue weighted by molar-refractivity contribution is 0.171. The highest BCUT2D eigenvalue weighted by atomic mass is 16.5. The van der Waals surface area contributed by atoms with E-state index in [1.54, 1.807) is 7.11 Å². The Balaban J connectivity index is 1.84. The van der Waals surface area contributed by atoms with Gasteiger partial charge in [0.15, 0.2) is 0 Å². The number of methoxy groups -OCH3 is 1. The van der Waals surface area contributed by atoms with Crippen molar-refractivity contribution in [2.24, 2.45) is 7.05 Å². The van der Waals surface area contributed by atoms with E-state index in [-0.39, 0.29) is 12.1 Å². The molecule has 0 amide bonds. The van der Waals surface area contributed by atoms with Crippen LogP contribution in [-0.4, -0.2) is 44.5 Å². The van der Waals surface area contributed by atoms with Crippen molar-refractivity contribution in [2.75, 3.05) is 13.7 Å². The first-order valence-corrected chi connectivity index (χ1v) is 7.49. The molecule has 1 aromatic carbocycles. The number of rotatable bonds is 4. The molecule has 1 saturated heterocycles. The van der Waals surface area contributed by atoms with Gasteiger partial charge in [-0.05, 0) is 31.0 Å². The first-order valence-electron chi connectivity index (χ1n) is 7.49. The highest BCUT2D eigenvalue weighted by Gasteiger charge is 2.33. The van der Waals surface area contributed by atoms with E-state index >= 15 is 0 Å². The van der Waals surface area contributed by atoms with Gasteiger partial charge >= 0.3 is 0 Å². The molecule has 0 radical (unpaired) electrons. The number of hydrogen-bond acceptors (Lipinski definition) is 5. The number of benzene rings is 1. The molecule has 0 spiro atoms. The fourth-order valence-electron chi connectivity index (χ4n) is 3.02. The molecule has 0 bridgehead atoms. The van der Waals surface area contributed by atoms with Crippen LogP contribution in [0.4, 0.5) is 0 Å². The van der Waals surface area contributed by atoms with Crippen LogP contribution in [0.2, 0.25) is 0 Å². The predicted molar refractivity (Wildman–Crippen MR) is 82.5 cm³/mol. The summed E-state index contributed by atoms with van der Waals surface area (Å²) in [7, 11) is 3.64. The SMILES string of the molecule is COc1cccc([C@@H]2C[C@@H](O)CN2Cc2nnc(C)n2C)c1.